The molecule has 3 rings (SSSR count). The summed E-state index contributed by atoms with van der Waals surface area (Å²) < 4.78 is 7.13. The summed E-state index contributed by atoms with van der Waals surface area (Å²) in [6, 6.07) is 7.22. The van der Waals surface area contributed by atoms with Crippen LogP contribution in [-0.4, -0.2) is 57.0 Å². The second-order valence-electron chi connectivity index (χ2n) is 6.97. The van der Waals surface area contributed by atoms with E-state index in [2.05, 4.69) is 5.10 Å². The van der Waals surface area contributed by atoms with Crippen LogP contribution in [0.2, 0.25) is 5.02 Å². The molecule has 1 fully saturated rings. The Bertz CT molecular complexity index is 847. The lowest BCUT2D eigenvalue weighted by Crippen LogP contribution is -2.51. The number of carbonyl (C=O) groups is 2. The fourth-order valence-electron chi connectivity index (χ4n) is 3.29. The van der Waals surface area contributed by atoms with Gasteiger partial charge in [-0.3, -0.25) is 4.79 Å². The average Bonchev–Trinajstić information content (AvgIpc) is 3.06. The van der Waals surface area contributed by atoms with Crippen LogP contribution in [0.3, 0.4) is 0 Å². The third-order valence-corrected chi connectivity index (χ3v) is 4.73. The smallest absolute Gasteiger partial charge is 0.334 e. The third kappa shape index (κ3) is 3.99. The molecule has 1 amide bonds. The summed E-state index contributed by atoms with van der Waals surface area (Å²) in [4.78, 5) is 26.0. The predicted octanol–water partition coefficient (Wildman–Crippen LogP) is 2.96. The first kappa shape index (κ1) is 19.4. The largest absolute Gasteiger partial charge is 0.479 e. The van der Waals surface area contributed by atoms with Gasteiger partial charge < -0.3 is 14.7 Å². The van der Waals surface area contributed by atoms with Crippen LogP contribution < -0.4 is 0 Å². The molecule has 0 radical (unpaired) electrons. The number of rotatable bonds is 4. The molecule has 1 aromatic carbocycles. The van der Waals surface area contributed by atoms with E-state index in [9.17, 15) is 14.7 Å². The molecule has 1 saturated heterocycles. The number of benzene rings is 1. The molecule has 8 heteroatoms. The van der Waals surface area contributed by atoms with Gasteiger partial charge in [0.05, 0.1) is 35.8 Å². The Labute approximate surface area is 162 Å². The van der Waals surface area contributed by atoms with Gasteiger partial charge in [-0.15, -0.1) is 0 Å². The molecule has 2 atom stereocenters. The van der Waals surface area contributed by atoms with E-state index in [0.29, 0.717) is 17.1 Å². The highest BCUT2D eigenvalue weighted by atomic mass is 35.5. The van der Waals surface area contributed by atoms with E-state index >= 15 is 0 Å². The van der Waals surface area contributed by atoms with Crippen molar-refractivity contribution in [3.63, 3.8) is 0 Å². The molecule has 0 aliphatic carbocycles. The number of hydrogen-bond acceptors (Lipinski definition) is 4. The maximum Gasteiger partial charge on any atom is 0.334 e. The van der Waals surface area contributed by atoms with Crippen LogP contribution >= 0.6 is 11.6 Å². The molecule has 2 heterocycles. The highest BCUT2D eigenvalue weighted by Gasteiger charge is 2.34. The van der Waals surface area contributed by atoms with Crippen molar-refractivity contribution in [2.75, 3.05) is 13.1 Å². The number of morpholine rings is 1. The molecule has 7 nitrogen and oxygen atoms in total. The number of ether oxygens (including phenoxy) is 1. The van der Waals surface area contributed by atoms with Crippen LogP contribution in [-0.2, 0) is 9.53 Å². The monoisotopic (exact) mass is 391 g/mol. The van der Waals surface area contributed by atoms with Gasteiger partial charge in [-0.05, 0) is 37.1 Å². The molecule has 1 aliphatic heterocycles. The lowest BCUT2D eigenvalue weighted by molar-refractivity contribution is -0.160. The molecule has 0 bridgehead atoms. The number of hydrogen-bond donors (Lipinski definition) is 1. The van der Waals surface area contributed by atoms with E-state index in [-0.39, 0.29) is 24.5 Å². The summed E-state index contributed by atoms with van der Waals surface area (Å²) in [5.41, 5.74) is 2.05. The van der Waals surface area contributed by atoms with Crippen molar-refractivity contribution in [2.24, 2.45) is 0 Å². The number of nitrogens with zero attached hydrogens (tertiary/aromatic N) is 3. The third-order valence-electron chi connectivity index (χ3n) is 4.48. The maximum atomic E-state index is 13.1. The standard InChI is InChI=1S/C19H22ClN3O4/c1-11(2)17-15(8-21-23(17)14-6-4-13(20)5-7-14)18(24)22-9-12(3)27-16(10-22)19(25)26/h4-8,11-12,16H,9-10H2,1-3H3,(H,25,26)/t12-,16?/m1/s1. The van der Waals surface area contributed by atoms with E-state index in [1.807, 2.05) is 26.0 Å². The van der Waals surface area contributed by atoms with Gasteiger partial charge in [0.2, 0.25) is 0 Å². The van der Waals surface area contributed by atoms with Crippen LogP contribution in [0.1, 0.15) is 42.7 Å². The zero-order valence-electron chi connectivity index (χ0n) is 15.4. The molecule has 1 N–H and O–H groups in total. The summed E-state index contributed by atoms with van der Waals surface area (Å²) in [5, 5.41) is 14.3. The number of amides is 1. The first-order chi connectivity index (χ1) is 12.8. The van der Waals surface area contributed by atoms with Gasteiger partial charge >= 0.3 is 5.97 Å². The Kier molecular flexibility index (Phi) is 5.53. The van der Waals surface area contributed by atoms with Crippen LogP contribution in [0.4, 0.5) is 0 Å². The highest BCUT2D eigenvalue weighted by molar-refractivity contribution is 6.30. The second kappa shape index (κ2) is 7.70. The summed E-state index contributed by atoms with van der Waals surface area (Å²) >= 11 is 5.96. The van der Waals surface area contributed by atoms with E-state index in [1.165, 1.54) is 4.90 Å². The van der Waals surface area contributed by atoms with Gasteiger partial charge in [-0.2, -0.15) is 5.10 Å². The Morgan fingerprint density at radius 1 is 1.26 bits per heavy atom. The summed E-state index contributed by atoms with van der Waals surface area (Å²) in [5.74, 6) is -1.27. The SMILES string of the molecule is CC(C)c1c(C(=O)N2CC(C(=O)O)O[C@H](C)C2)cnn1-c1ccc(Cl)cc1. The minimum absolute atomic E-state index is 0.0160. The Hall–Kier alpha value is -2.38. The van der Waals surface area contributed by atoms with Crippen LogP contribution in [0.5, 0.6) is 0 Å². The molecule has 0 saturated carbocycles. The first-order valence-corrected chi connectivity index (χ1v) is 9.17. The van der Waals surface area contributed by atoms with Gasteiger partial charge in [0.15, 0.2) is 6.10 Å². The van der Waals surface area contributed by atoms with Crippen molar-refractivity contribution >= 4 is 23.5 Å². The Morgan fingerprint density at radius 3 is 2.52 bits per heavy atom. The molecule has 1 unspecified atom stereocenters. The van der Waals surface area contributed by atoms with E-state index in [1.54, 1.807) is 29.9 Å². The number of carboxylic acid groups (broad SMARTS) is 1. The topological polar surface area (TPSA) is 84.7 Å². The first-order valence-electron chi connectivity index (χ1n) is 8.79. The Balaban J connectivity index is 1.95. The minimum Gasteiger partial charge on any atom is -0.479 e. The molecule has 0 spiro atoms. The minimum atomic E-state index is -1.07. The molecule has 2 aromatic rings. The maximum absolute atomic E-state index is 13.1. The number of aromatic nitrogens is 2. The summed E-state index contributed by atoms with van der Waals surface area (Å²) in [7, 11) is 0. The molecule has 144 valence electrons. The van der Waals surface area contributed by atoms with Crippen molar-refractivity contribution in [3.05, 3.63) is 46.7 Å². The fraction of sp³-hybridized carbons (Fsp3) is 0.421. The highest BCUT2D eigenvalue weighted by Crippen LogP contribution is 2.26. The quantitative estimate of drug-likeness (QED) is 0.866. The molecular formula is C19H22ClN3O4. The number of carbonyl (C=O) groups excluding carboxylic acids is 1. The van der Waals surface area contributed by atoms with E-state index < -0.39 is 12.1 Å². The van der Waals surface area contributed by atoms with Gasteiger partial charge in [-0.25, -0.2) is 9.48 Å². The molecule has 1 aromatic heterocycles. The van der Waals surface area contributed by atoms with Gasteiger partial charge in [0.1, 0.15) is 0 Å². The summed E-state index contributed by atoms with van der Waals surface area (Å²) in [6.45, 7) is 6.09. The number of halogens is 1. The fourth-order valence-corrected chi connectivity index (χ4v) is 3.42. The lowest BCUT2D eigenvalue weighted by atomic mass is 10.0. The van der Waals surface area contributed by atoms with Crippen molar-refractivity contribution in [2.45, 2.75) is 38.9 Å². The molecule has 1 aliphatic rings. The normalized spacial score (nSPS) is 20.1. The van der Waals surface area contributed by atoms with Gasteiger partial charge in [-0.1, -0.05) is 25.4 Å². The summed E-state index contributed by atoms with van der Waals surface area (Å²) in [6.07, 6.45) is 0.173. The lowest BCUT2D eigenvalue weighted by Gasteiger charge is -2.35. The molecular weight excluding hydrogens is 370 g/mol. The second-order valence-corrected chi connectivity index (χ2v) is 7.41. The average molecular weight is 392 g/mol. The van der Waals surface area contributed by atoms with E-state index in [0.717, 1.165) is 11.4 Å². The Morgan fingerprint density at radius 2 is 1.93 bits per heavy atom. The number of carboxylic acids is 1. The van der Waals surface area contributed by atoms with Crippen molar-refractivity contribution in [1.82, 2.24) is 14.7 Å². The van der Waals surface area contributed by atoms with Crippen molar-refractivity contribution < 1.29 is 19.4 Å². The van der Waals surface area contributed by atoms with Crippen LogP contribution in [0, 0.1) is 0 Å². The number of aliphatic carboxylic acids is 1. The van der Waals surface area contributed by atoms with Gasteiger partial charge in [0, 0.05) is 11.6 Å². The van der Waals surface area contributed by atoms with Crippen LogP contribution in [0.25, 0.3) is 5.69 Å². The van der Waals surface area contributed by atoms with Crippen molar-refractivity contribution in [3.8, 4) is 5.69 Å². The van der Waals surface area contributed by atoms with Gasteiger partial charge in [0.25, 0.3) is 5.91 Å². The van der Waals surface area contributed by atoms with Crippen LogP contribution in [0.15, 0.2) is 30.5 Å². The van der Waals surface area contributed by atoms with E-state index in [4.69, 9.17) is 16.3 Å². The predicted molar refractivity (Wildman–Crippen MR) is 101 cm³/mol. The molecule has 27 heavy (non-hydrogen) atoms. The van der Waals surface area contributed by atoms with Crippen molar-refractivity contribution in [1.29, 1.82) is 0 Å². The zero-order valence-corrected chi connectivity index (χ0v) is 16.2. The zero-order chi connectivity index (χ0) is 19.7.